The van der Waals surface area contributed by atoms with E-state index in [2.05, 4.69) is 29.8 Å². The molecule has 15 heavy (non-hydrogen) atoms. The van der Waals surface area contributed by atoms with Crippen molar-refractivity contribution in [3.05, 3.63) is 23.9 Å². The van der Waals surface area contributed by atoms with E-state index < -0.39 is 0 Å². The predicted octanol–water partition coefficient (Wildman–Crippen LogP) is 2.19. The molecule has 1 aliphatic rings. The van der Waals surface area contributed by atoms with Crippen LogP contribution in [0.1, 0.15) is 25.8 Å². The van der Waals surface area contributed by atoms with Crippen LogP contribution in [-0.2, 0) is 0 Å². The molecule has 3 heteroatoms. The second-order valence-electron chi connectivity index (χ2n) is 4.33. The van der Waals surface area contributed by atoms with Crippen molar-refractivity contribution in [2.75, 3.05) is 11.4 Å². The van der Waals surface area contributed by atoms with Gasteiger partial charge in [0.2, 0.25) is 0 Å². The van der Waals surface area contributed by atoms with Crippen molar-refractivity contribution in [1.82, 2.24) is 4.98 Å². The van der Waals surface area contributed by atoms with Crippen LogP contribution in [0.4, 0.5) is 5.82 Å². The molecule has 1 aromatic rings. The Kier molecular flexibility index (Phi) is 2.59. The Balaban J connectivity index is 2.34. The Morgan fingerprint density at radius 1 is 1.53 bits per heavy atom. The van der Waals surface area contributed by atoms with Crippen LogP contribution >= 0.6 is 0 Å². The number of nitrogens with zero attached hydrogens (tertiary/aromatic N) is 3. The van der Waals surface area contributed by atoms with Crippen molar-refractivity contribution in [3.63, 3.8) is 0 Å². The van der Waals surface area contributed by atoms with Crippen LogP contribution in [0.3, 0.4) is 0 Å². The highest BCUT2D eigenvalue weighted by Crippen LogP contribution is 2.28. The van der Waals surface area contributed by atoms with Crippen LogP contribution in [0.2, 0.25) is 0 Å². The summed E-state index contributed by atoms with van der Waals surface area (Å²) in [5, 5.41) is 9.01. The Morgan fingerprint density at radius 3 is 2.93 bits per heavy atom. The first-order chi connectivity index (χ1) is 7.22. The lowest BCUT2D eigenvalue weighted by Gasteiger charge is -2.23. The number of pyridine rings is 1. The molecule has 0 spiro atoms. The average Bonchev–Trinajstić information content (AvgIpc) is 2.57. The van der Waals surface area contributed by atoms with Gasteiger partial charge in [-0.15, -0.1) is 0 Å². The molecule has 2 heterocycles. The quantitative estimate of drug-likeness (QED) is 0.699. The molecule has 1 aliphatic heterocycles. The molecule has 2 unspecified atom stereocenters. The number of hydrogen-bond donors (Lipinski definition) is 0. The summed E-state index contributed by atoms with van der Waals surface area (Å²) in [4.78, 5) is 6.56. The Hall–Kier alpha value is -1.56. The van der Waals surface area contributed by atoms with Gasteiger partial charge in [0.15, 0.2) is 0 Å². The van der Waals surface area contributed by atoms with Crippen molar-refractivity contribution >= 4 is 5.82 Å². The third-order valence-corrected chi connectivity index (χ3v) is 2.96. The second-order valence-corrected chi connectivity index (χ2v) is 4.33. The Labute approximate surface area is 90.4 Å². The third-order valence-electron chi connectivity index (χ3n) is 2.96. The summed E-state index contributed by atoms with van der Waals surface area (Å²) in [7, 11) is 0. The van der Waals surface area contributed by atoms with Gasteiger partial charge in [-0.2, -0.15) is 5.26 Å². The van der Waals surface area contributed by atoms with Crippen molar-refractivity contribution in [1.29, 1.82) is 5.26 Å². The number of hydrogen-bond acceptors (Lipinski definition) is 3. The lowest BCUT2D eigenvalue weighted by Crippen LogP contribution is -2.28. The fraction of sp³-hybridized carbons (Fsp3) is 0.500. The molecule has 2 rings (SSSR count). The van der Waals surface area contributed by atoms with E-state index in [1.54, 1.807) is 6.20 Å². The van der Waals surface area contributed by atoms with Crippen LogP contribution in [-0.4, -0.2) is 17.6 Å². The van der Waals surface area contributed by atoms with E-state index in [9.17, 15) is 0 Å². The van der Waals surface area contributed by atoms with Crippen molar-refractivity contribution in [3.8, 4) is 6.07 Å². The predicted molar refractivity (Wildman–Crippen MR) is 59.5 cm³/mol. The molecule has 1 fully saturated rings. The lowest BCUT2D eigenvalue weighted by atomic mass is 10.1. The first kappa shape index (κ1) is 9.97. The summed E-state index contributed by atoms with van der Waals surface area (Å²) in [5.41, 5.74) is 0.679. The molecule has 0 amide bonds. The fourth-order valence-electron chi connectivity index (χ4n) is 2.31. The van der Waals surface area contributed by atoms with Crippen molar-refractivity contribution in [2.24, 2.45) is 5.92 Å². The van der Waals surface area contributed by atoms with Crippen molar-refractivity contribution < 1.29 is 0 Å². The molecule has 0 bridgehead atoms. The number of nitriles is 1. The summed E-state index contributed by atoms with van der Waals surface area (Å²) < 4.78 is 0. The minimum Gasteiger partial charge on any atom is -0.353 e. The zero-order valence-electron chi connectivity index (χ0n) is 9.14. The molecular formula is C12H15N3. The molecule has 0 saturated carbocycles. The largest absolute Gasteiger partial charge is 0.353 e. The van der Waals surface area contributed by atoms with E-state index in [-0.39, 0.29) is 0 Å². The van der Waals surface area contributed by atoms with Gasteiger partial charge < -0.3 is 4.90 Å². The molecule has 1 aromatic heterocycles. The van der Waals surface area contributed by atoms with E-state index in [0.29, 0.717) is 17.5 Å². The van der Waals surface area contributed by atoms with Gasteiger partial charge >= 0.3 is 0 Å². The van der Waals surface area contributed by atoms with Crippen LogP contribution < -0.4 is 4.90 Å². The first-order valence-electron chi connectivity index (χ1n) is 5.34. The molecule has 1 saturated heterocycles. The van der Waals surface area contributed by atoms with E-state index in [0.717, 1.165) is 12.4 Å². The van der Waals surface area contributed by atoms with Gasteiger partial charge in [0.05, 0.1) is 5.56 Å². The van der Waals surface area contributed by atoms with Crippen LogP contribution in [0.5, 0.6) is 0 Å². The minimum atomic E-state index is 0.488. The Bertz CT molecular complexity index is 394. The molecule has 2 atom stereocenters. The standard InChI is InChI=1S/C12H15N3/c1-9-6-10(2)15(8-9)12-11(7-13)4-3-5-14-12/h3-5,9-10H,6,8H2,1-2H3. The van der Waals surface area contributed by atoms with Gasteiger partial charge in [-0.05, 0) is 31.4 Å². The molecule has 3 nitrogen and oxygen atoms in total. The SMILES string of the molecule is CC1CC(C)N(c2ncccc2C#N)C1. The maximum Gasteiger partial charge on any atom is 0.146 e. The summed E-state index contributed by atoms with van der Waals surface area (Å²) in [6.45, 7) is 5.44. The number of rotatable bonds is 1. The molecule has 0 radical (unpaired) electrons. The average molecular weight is 201 g/mol. The van der Waals surface area contributed by atoms with Crippen LogP contribution in [0, 0.1) is 17.2 Å². The van der Waals surface area contributed by atoms with E-state index in [4.69, 9.17) is 5.26 Å². The molecule has 0 aliphatic carbocycles. The zero-order chi connectivity index (χ0) is 10.8. The normalized spacial score (nSPS) is 25.3. The first-order valence-corrected chi connectivity index (χ1v) is 5.34. The monoisotopic (exact) mass is 201 g/mol. The highest BCUT2D eigenvalue weighted by atomic mass is 15.2. The lowest BCUT2D eigenvalue weighted by molar-refractivity contribution is 0.625. The molecular weight excluding hydrogens is 186 g/mol. The topological polar surface area (TPSA) is 39.9 Å². The second kappa shape index (κ2) is 3.90. The van der Waals surface area contributed by atoms with Gasteiger partial charge in [-0.3, -0.25) is 0 Å². The van der Waals surface area contributed by atoms with E-state index >= 15 is 0 Å². The van der Waals surface area contributed by atoms with Crippen LogP contribution in [0.25, 0.3) is 0 Å². The highest BCUT2D eigenvalue weighted by Gasteiger charge is 2.28. The molecule has 0 N–H and O–H groups in total. The number of anilines is 1. The van der Waals surface area contributed by atoms with Gasteiger partial charge in [-0.25, -0.2) is 4.98 Å². The summed E-state index contributed by atoms with van der Waals surface area (Å²) in [6, 6.07) is 6.33. The van der Waals surface area contributed by atoms with Gasteiger partial charge in [0.1, 0.15) is 11.9 Å². The number of aromatic nitrogens is 1. The summed E-state index contributed by atoms with van der Waals surface area (Å²) in [5.74, 6) is 1.53. The van der Waals surface area contributed by atoms with E-state index in [1.165, 1.54) is 6.42 Å². The fourth-order valence-corrected chi connectivity index (χ4v) is 2.31. The zero-order valence-corrected chi connectivity index (χ0v) is 9.14. The van der Waals surface area contributed by atoms with Gasteiger partial charge in [0, 0.05) is 18.8 Å². The molecule has 0 aromatic carbocycles. The maximum atomic E-state index is 9.01. The van der Waals surface area contributed by atoms with Crippen molar-refractivity contribution in [2.45, 2.75) is 26.3 Å². The highest BCUT2D eigenvalue weighted by molar-refractivity contribution is 5.54. The van der Waals surface area contributed by atoms with Crippen LogP contribution in [0.15, 0.2) is 18.3 Å². The smallest absolute Gasteiger partial charge is 0.146 e. The maximum absolute atomic E-state index is 9.01. The third kappa shape index (κ3) is 1.80. The summed E-state index contributed by atoms with van der Waals surface area (Å²) in [6.07, 6.45) is 2.94. The molecule has 78 valence electrons. The minimum absolute atomic E-state index is 0.488. The Morgan fingerprint density at radius 2 is 2.33 bits per heavy atom. The van der Waals surface area contributed by atoms with Gasteiger partial charge in [0.25, 0.3) is 0 Å². The van der Waals surface area contributed by atoms with Gasteiger partial charge in [-0.1, -0.05) is 6.92 Å². The summed E-state index contributed by atoms with van der Waals surface area (Å²) >= 11 is 0. The van der Waals surface area contributed by atoms with E-state index in [1.807, 2.05) is 12.1 Å².